The van der Waals surface area contributed by atoms with Crippen LogP contribution in [0.3, 0.4) is 0 Å². The molecule has 0 radical (unpaired) electrons. The SMILES string of the molecule is O=C(NCc1ccc(-c2cccs2)o1)c1cc2ccccc2oc1=O. The van der Waals surface area contributed by atoms with Crippen molar-refractivity contribution in [3.05, 3.63) is 81.7 Å². The number of amides is 1. The molecule has 5 nitrogen and oxygen atoms in total. The molecule has 0 bridgehead atoms. The number of nitrogens with one attached hydrogen (secondary N) is 1. The second-order valence-electron chi connectivity index (χ2n) is 5.41. The molecule has 25 heavy (non-hydrogen) atoms. The highest BCUT2D eigenvalue weighted by molar-refractivity contribution is 7.13. The zero-order valence-corrected chi connectivity index (χ0v) is 13.8. The van der Waals surface area contributed by atoms with Crippen molar-refractivity contribution in [2.75, 3.05) is 0 Å². The molecule has 1 aromatic carbocycles. The average Bonchev–Trinajstić information content (AvgIpc) is 3.30. The van der Waals surface area contributed by atoms with Crippen LogP contribution in [0.1, 0.15) is 16.1 Å². The van der Waals surface area contributed by atoms with Crippen LogP contribution in [-0.2, 0) is 6.54 Å². The normalized spacial score (nSPS) is 10.9. The molecule has 0 aliphatic heterocycles. The maximum Gasteiger partial charge on any atom is 0.349 e. The Morgan fingerprint density at radius 2 is 1.92 bits per heavy atom. The molecule has 0 saturated carbocycles. The quantitative estimate of drug-likeness (QED) is 0.563. The van der Waals surface area contributed by atoms with E-state index in [1.54, 1.807) is 35.6 Å². The lowest BCUT2D eigenvalue weighted by Gasteiger charge is -2.03. The van der Waals surface area contributed by atoms with Crippen molar-refractivity contribution >= 4 is 28.2 Å². The summed E-state index contributed by atoms with van der Waals surface area (Å²) in [5.41, 5.74) is -0.227. The summed E-state index contributed by atoms with van der Waals surface area (Å²) in [7, 11) is 0. The Balaban J connectivity index is 1.51. The predicted molar refractivity (Wildman–Crippen MR) is 95.7 cm³/mol. The predicted octanol–water partition coefficient (Wildman–Crippen LogP) is 4.04. The summed E-state index contributed by atoms with van der Waals surface area (Å²) < 4.78 is 10.9. The van der Waals surface area contributed by atoms with E-state index in [0.29, 0.717) is 16.7 Å². The van der Waals surface area contributed by atoms with E-state index in [4.69, 9.17) is 8.83 Å². The van der Waals surface area contributed by atoms with Gasteiger partial charge in [-0.05, 0) is 35.7 Å². The second-order valence-corrected chi connectivity index (χ2v) is 6.36. The summed E-state index contributed by atoms with van der Waals surface area (Å²) in [6, 6.07) is 16.2. The number of hydrogen-bond donors (Lipinski definition) is 1. The summed E-state index contributed by atoms with van der Waals surface area (Å²) >= 11 is 1.58. The molecule has 124 valence electrons. The Morgan fingerprint density at radius 3 is 2.76 bits per heavy atom. The average molecular weight is 351 g/mol. The maximum absolute atomic E-state index is 12.3. The van der Waals surface area contributed by atoms with Gasteiger partial charge in [-0.2, -0.15) is 0 Å². The van der Waals surface area contributed by atoms with Crippen molar-refractivity contribution in [2.45, 2.75) is 6.54 Å². The summed E-state index contributed by atoms with van der Waals surface area (Å²) in [4.78, 5) is 25.3. The zero-order chi connectivity index (χ0) is 17.2. The lowest BCUT2D eigenvalue weighted by Crippen LogP contribution is -2.27. The maximum atomic E-state index is 12.3. The van der Waals surface area contributed by atoms with Crippen LogP contribution in [0.4, 0.5) is 0 Å². The Hall–Kier alpha value is -3.12. The lowest BCUT2D eigenvalue weighted by molar-refractivity contribution is 0.0944. The Kier molecular flexibility index (Phi) is 3.95. The Labute approximate surface area is 146 Å². The van der Waals surface area contributed by atoms with Crippen LogP contribution in [0.2, 0.25) is 0 Å². The summed E-state index contributed by atoms with van der Waals surface area (Å²) in [6.45, 7) is 0.191. The van der Waals surface area contributed by atoms with Gasteiger partial charge in [-0.3, -0.25) is 4.79 Å². The fraction of sp³-hybridized carbons (Fsp3) is 0.0526. The molecule has 4 aromatic rings. The zero-order valence-electron chi connectivity index (χ0n) is 13.0. The van der Waals surface area contributed by atoms with Gasteiger partial charge < -0.3 is 14.2 Å². The van der Waals surface area contributed by atoms with Gasteiger partial charge >= 0.3 is 5.63 Å². The van der Waals surface area contributed by atoms with E-state index in [9.17, 15) is 9.59 Å². The minimum absolute atomic E-state index is 0.0243. The van der Waals surface area contributed by atoms with Crippen molar-refractivity contribution in [3.63, 3.8) is 0 Å². The van der Waals surface area contributed by atoms with Crippen LogP contribution in [0.15, 0.2) is 73.6 Å². The fourth-order valence-corrected chi connectivity index (χ4v) is 3.19. The van der Waals surface area contributed by atoms with E-state index in [0.717, 1.165) is 10.6 Å². The molecule has 0 saturated heterocycles. The van der Waals surface area contributed by atoms with Gasteiger partial charge in [0.2, 0.25) is 0 Å². The summed E-state index contributed by atoms with van der Waals surface area (Å²) in [5, 5.41) is 5.36. The fourth-order valence-electron chi connectivity index (χ4n) is 2.51. The van der Waals surface area contributed by atoms with Crippen molar-refractivity contribution in [3.8, 4) is 10.6 Å². The van der Waals surface area contributed by atoms with Gasteiger partial charge in [0.05, 0.1) is 11.4 Å². The van der Waals surface area contributed by atoms with Gasteiger partial charge in [-0.25, -0.2) is 4.79 Å². The number of furan rings is 1. The van der Waals surface area contributed by atoms with E-state index < -0.39 is 11.5 Å². The third-order valence-corrected chi connectivity index (χ3v) is 4.62. The van der Waals surface area contributed by atoms with Gasteiger partial charge in [-0.1, -0.05) is 24.3 Å². The number of hydrogen-bond acceptors (Lipinski definition) is 5. The number of para-hydroxylation sites is 1. The first-order chi connectivity index (χ1) is 12.2. The molecule has 0 aliphatic carbocycles. The first-order valence-electron chi connectivity index (χ1n) is 7.64. The van der Waals surface area contributed by atoms with Crippen molar-refractivity contribution in [2.24, 2.45) is 0 Å². The van der Waals surface area contributed by atoms with Crippen molar-refractivity contribution in [1.82, 2.24) is 5.32 Å². The van der Waals surface area contributed by atoms with Gasteiger partial charge in [0.1, 0.15) is 22.7 Å². The topological polar surface area (TPSA) is 72.5 Å². The number of carbonyl (C=O) groups is 1. The molecular weight excluding hydrogens is 338 g/mol. The summed E-state index contributed by atoms with van der Waals surface area (Å²) in [5.74, 6) is 0.875. The number of fused-ring (bicyclic) bond motifs is 1. The van der Waals surface area contributed by atoms with Crippen LogP contribution < -0.4 is 10.9 Å². The van der Waals surface area contributed by atoms with Crippen molar-refractivity contribution < 1.29 is 13.6 Å². The first-order valence-corrected chi connectivity index (χ1v) is 8.52. The largest absolute Gasteiger partial charge is 0.458 e. The highest BCUT2D eigenvalue weighted by Crippen LogP contribution is 2.26. The molecule has 0 atom stereocenters. The molecule has 4 rings (SSSR count). The number of benzene rings is 1. The van der Waals surface area contributed by atoms with Gasteiger partial charge in [0.25, 0.3) is 5.91 Å². The number of thiophene rings is 1. The highest BCUT2D eigenvalue weighted by atomic mass is 32.1. The number of rotatable bonds is 4. The standard InChI is InChI=1S/C19H13NO4S/c21-18(14-10-12-4-1-2-5-15(12)24-19(14)22)20-11-13-7-8-16(23-13)17-6-3-9-25-17/h1-10H,11H2,(H,20,21). The monoisotopic (exact) mass is 351 g/mol. The Bertz CT molecular complexity index is 1090. The van der Waals surface area contributed by atoms with E-state index in [-0.39, 0.29) is 12.1 Å². The van der Waals surface area contributed by atoms with E-state index in [2.05, 4.69) is 5.32 Å². The highest BCUT2D eigenvalue weighted by Gasteiger charge is 2.14. The van der Waals surface area contributed by atoms with Gasteiger partial charge in [-0.15, -0.1) is 11.3 Å². The summed E-state index contributed by atoms with van der Waals surface area (Å²) in [6.07, 6.45) is 0. The van der Waals surface area contributed by atoms with Crippen LogP contribution >= 0.6 is 11.3 Å². The first kappa shape index (κ1) is 15.4. The van der Waals surface area contributed by atoms with E-state index >= 15 is 0 Å². The molecule has 6 heteroatoms. The van der Waals surface area contributed by atoms with E-state index in [1.807, 2.05) is 29.6 Å². The minimum atomic E-state index is -0.657. The van der Waals surface area contributed by atoms with Gasteiger partial charge in [0, 0.05) is 5.39 Å². The van der Waals surface area contributed by atoms with E-state index in [1.165, 1.54) is 6.07 Å². The Morgan fingerprint density at radius 1 is 1.04 bits per heavy atom. The lowest BCUT2D eigenvalue weighted by atomic mass is 10.2. The van der Waals surface area contributed by atoms with Crippen LogP contribution in [0.5, 0.6) is 0 Å². The number of carbonyl (C=O) groups excluding carboxylic acids is 1. The van der Waals surface area contributed by atoms with Gasteiger partial charge in [0.15, 0.2) is 0 Å². The minimum Gasteiger partial charge on any atom is -0.458 e. The van der Waals surface area contributed by atoms with Crippen LogP contribution in [-0.4, -0.2) is 5.91 Å². The van der Waals surface area contributed by atoms with Crippen LogP contribution in [0, 0.1) is 0 Å². The molecule has 3 heterocycles. The molecule has 3 aromatic heterocycles. The molecule has 1 N–H and O–H groups in total. The second kappa shape index (κ2) is 6.41. The molecule has 1 amide bonds. The van der Waals surface area contributed by atoms with Crippen molar-refractivity contribution in [1.29, 1.82) is 0 Å². The molecule has 0 aliphatic rings. The third kappa shape index (κ3) is 3.12. The smallest absolute Gasteiger partial charge is 0.349 e. The molecule has 0 unspecified atom stereocenters. The molecule has 0 spiro atoms. The van der Waals surface area contributed by atoms with Crippen LogP contribution in [0.25, 0.3) is 21.6 Å². The third-order valence-electron chi connectivity index (χ3n) is 3.73. The molecule has 0 fully saturated rings. The molecular formula is C19H13NO4S.